The molecule has 1 unspecified atom stereocenters. The predicted octanol–water partition coefficient (Wildman–Crippen LogP) is 2.65. The van der Waals surface area contributed by atoms with Crippen LogP contribution in [0.25, 0.3) is 0 Å². The normalized spacial score (nSPS) is 12.7. The van der Waals surface area contributed by atoms with Gasteiger partial charge in [-0.2, -0.15) is 0 Å². The Kier molecular flexibility index (Phi) is 8.48. The van der Waals surface area contributed by atoms with Gasteiger partial charge >= 0.3 is 0 Å². The van der Waals surface area contributed by atoms with Crippen LogP contribution in [0.2, 0.25) is 5.02 Å². The third-order valence-electron chi connectivity index (χ3n) is 3.56. The summed E-state index contributed by atoms with van der Waals surface area (Å²) in [6.45, 7) is 5.33. The highest BCUT2D eigenvalue weighted by molar-refractivity contribution is 6.30. The molecule has 1 amide bonds. The monoisotopic (exact) mass is 338 g/mol. The van der Waals surface area contributed by atoms with E-state index in [0.717, 1.165) is 29.5 Å². The molecule has 0 aromatic heterocycles. The van der Waals surface area contributed by atoms with Crippen LogP contribution in [0.1, 0.15) is 32.3 Å². The molecular formula is C17H27ClN4O. The van der Waals surface area contributed by atoms with Crippen molar-refractivity contribution in [3.8, 4) is 0 Å². The molecule has 23 heavy (non-hydrogen) atoms. The molecule has 0 fully saturated rings. The second kappa shape index (κ2) is 10.1. The summed E-state index contributed by atoms with van der Waals surface area (Å²) in [6, 6.07) is 7.95. The van der Waals surface area contributed by atoms with Crippen LogP contribution in [0.5, 0.6) is 0 Å². The summed E-state index contributed by atoms with van der Waals surface area (Å²) in [4.78, 5) is 18.0. The molecule has 0 aliphatic rings. The van der Waals surface area contributed by atoms with Gasteiger partial charge in [-0.3, -0.25) is 9.79 Å². The molecule has 1 aromatic carbocycles. The number of aliphatic imine (C=N–C) groups is 1. The standard InChI is InChI=1S/C17H27ClN4O/c1-5-13(2)21-16(23)10-11-20-17(19-3)22(4)12-14-6-8-15(18)9-7-14/h6-9,13H,5,10-12H2,1-4H3,(H,19,20)(H,21,23). The van der Waals surface area contributed by atoms with Crippen LogP contribution in [-0.2, 0) is 11.3 Å². The molecule has 6 heteroatoms. The second-order valence-corrected chi connectivity index (χ2v) is 6.02. The first kappa shape index (κ1) is 19.3. The Morgan fingerprint density at radius 1 is 1.35 bits per heavy atom. The molecule has 1 rings (SSSR count). The number of halogens is 1. The maximum Gasteiger partial charge on any atom is 0.221 e. The lowest BCUT2D eigenvalue weighted by molar-refractivity contribution is -0.121. The van der Waals surface area contributed by atoms with E-state index in [2.05, 4.69) is 22.5 Å². The average molecular weight is 339 g/mol. The number of rotatable bonds is 7. The van der Waals surface area contributed by atoms with Crippen molar-refractivity contribution in [2.45, 2.75) is 39.3 Å². The number of benzene rings is 1. The maximum absolute atomic E-state index is 11.8. The highest BCUT2D eigenvalue weighted by atomic mass is 35.5. The summed E-state index contributed by atoms with van der Waals surface area (Å²) >= 11 is 5.90. The van der Waals surface area contributed by atoms with Gasteiger partial charge in [0.1, 0.15) is 0 Å². The van der Waals surface area contributed by atoms with E-state index in [4.69, 9.17) is 11.6 Å². The third-order valence-corrected chi connectivity index (χ3v) is 3.81. The number of amides is 1. The Balaban J connectivity index is 2.41. The van der Waals surface area contributed by atoms with Crippen LogP contribution in [0.15, 0.2) is 29.3 Å². The van der Waals surface area contributed by atoms with Gasteiger partial charge in [-0.25, -0.2) is 0 Å². The van der Waals surface area contributed by atoms with Gasteiger partial charge < -0.3 is 15.5 Å². The van der Waals surface area contributed by atoms with E-state index in [9.17, 15) is 4.79 Å². The molecule has 2 N–H and O–H groups in total. The van der Waals surface area contributed by atoms with Crippen molar-refractivity contribution < 1.29 is 4.79 Å². The number of guanidine groups is 1. The summed E-state index contributed by atoms with van der Waals surface area (Å²) in [5, 5.41) is 6.89. The first-order valence-electron chi connectivity index (χ1n) is 7.91. The molecule has 128 valence electrons. The first-order valence-corrected chi connectivity index (χ1v) is 8.29. The van der Waals surface area contributed by atoms with E-state index in [1.807, 2.05) is 43.1 Å². The van der Waals surface area contributed by atoms with Gasteiger partial charge in [0.25, 0.3) is 0 Å². The maximum atomic E-state index is 11.8. The van der Waals surface area contributed by atoms with Gasteiger partial charge in [0, 0.05) is 44.7 Å². The van der Waals surface area contributed by atoms with Crippen LogP contribution in [0, 0.1) is 0 Å². The highest BCUT2D eigenvalue weighted by Crippen LogP contribution is 2.10. The lowest BCUT2D eigenvalue weighted by atomic mass is 10.2. The van der Waals surface area contributed by atoms with Crippen molar-refractivity contribution in [3.05, 3.63) is 34.9 Å². The summed E-state index contributed by atoms with van der Waals surface area (Å²) in [5.74, 6) is 0.818. The van der Waals surface area contributed by atoms with E-state index in [1.54, 1.807) is 7.05 Å². The van der Waals surface area contributed by atoms with Crippen molar-refractivity contribution in [2.75, 3.05) is 20.6 Å². The van der Waals surface area contributed by atoms with E-state index in [0.29, 0.717) is 13.0 Å². The Hall–Kier alpha value is -1.75. The summed E-state index contributed by atoms with van der Waals surface area (Å²) in [7, 11) is 3.70. The summed E-state index contributed by atoms with van der Waals surface area (Å²) < 4.78 is 0. The number of hydrogen-bond donors (Lipinski definition) is 2. The molecule has 0 aliphatic heterocycles. The Labute approximate surface area is 144 Å². The lowest BCUT2D eigenvalue weighted by Gasteiger charge is -2.22. The van der Waals surface area contributed by atoms with Gasteiger partial charge in [0.15, 0.2) is 5.96 Å². The first-order chi connectivity index (χ1) is 11.0. The second-order valence-electron chi connectivity index (χ2n) is 5.58. The molecule has 1 atom stereocenters. The smallest absolute Gasteiger partial charge is 0.221 e. The fourth-order valence-electron chi connectivity index (χ4n) is 2.06. The zero-order valence-corrected chi connectivity index (χ0v) is 15.2. The number of carbonyl (C=O) groups excluding carboxylic acids is 1. The van der Waals surface area contributed by atoms with E-state index in [-0.39, 0.29) is 11.9 Å². The van der Waals surface area contributed by atoms with Gasteiger partial charge in [-0.1, -0.05) is 30.7 Å². The Morgan fingerprint density at radius 2 is 2.00 bits per heavy atom. The zero-order valence-electron chi connectivity index (χ0n) is 14.4. The number of nitrogens with zero attached hydrogens (tertiary/aromatic N) is 2. The van der Waals surface area contributed by atoms with E-state index >= 15 is 0 Å². The lowest BCUT2D eigenvalue weighted by Crippen LogP contribution is -2.41. The van der Waals surface area contributed by atoms with Crippen LogP contribution < -0.4 is 10.6 Å². The Morgan fingerprint density at radius 3 is 2.57 bits per heavy atom. The van der Waals surface area contributed by atoms with Gasteiger partial charge in [-0.15, -0.1) is 0 Å². The third kappa shape index (κ3) is 7.37. The average Bonchev–Trinajstić information content (AvgIpc) is 2.53. The fourth-order valence-corrected chi connectivity index (χ4v) is 2.19. The van der Waals surface area contributed by atoms with E-state index in [1.165, 1.54) is 0 Å². The number of carbonyl (C=O) groups is 1. The SMILES string of the molecule is CCC(C)NC(=O)CCNC(=NC)N(C)Cc1ccc(Cl)cc1. The molecule has 0 saturated carbocycles. The van der Waals surface area contributed by atoms with Crippen molar-refractivity contribution in [3.63, 3.8) is 0 Å². The molecule has 5 nitrogen and oxygen atoms in total. The molecule has 0 spiro atoms. The minimum Gasteiger partial charge on any atom is -0.356 e. The van der Waals surface area contributed by atoms with Gasteiger partial charge in [0.2, 0.25) is 5.91 Å². The van der Waals surface area contributed by atoms with Gasteiger partial charge in [-0.05, 0) is 31.0 Å². The quantitative estimate of drug-likeness (QED) is 0.593. The highest BCUT2D eigenvalue weighted by Gasteiger charge is 2.09. The predicted molar refractivity (Wildman–Crippen MR) is 96.8 cm³/mol. The van der Waals surface area contributed by atoms with Crippen LogP contribution in [-0.4, -0.2) is 43.4 Å². The molecule has 1 aromatic rings. The van der Waals surface area contributed by atoms with Crippen LogP contribution >= 0.6 is 11.6 Å². The van der Waals surface area contributed by atoms with Crippen molar-refractivity contribution in [1.29, 1.82) is 0 Å². The number of nitrogens with one attached hydrogen (secondary N) is 2. The topological polar surface area (TPSA) is 56.7 Å². The fraction of sp³-hybridized carbons (Fsp3) is 0.529. The van der Waals surface area contributed by atoms with E-state index < -0.39 is 0 Å². The van der Waals surface area contributed by atoms with Crippen LogP contribution in [0.3, 0.4) is 0 Å². The van der Waals surface area contributed by atoms with Crippen molar-refractivity contribution >= 4 is 23.5 Å². The van der Waals surface area contributed by atoms with Crippen LogP contribution in [0.4, 0.5) is 0 Å². The zero-order chi connectivity index (χ0) is 17.2. The molecule has 0 radical (unpaired) electrons. The minimum absolute atomic E-state index is 0.0580. The van der Waals surface area contributed by atoms with Crippen molar-refractivity contribution in [1.82, 2.24) is 15.5 Å². The Bertz CT molecular complexity index is 516. The largest absolute Gasteiger partial charge is 0.356 e. The van der Waals surface area contributed by atoms with Gasteiger partial charge in [0.05, 0.1) is 0 Å². The molecule has 0 saturated heterocycles. The molecule has 0 aliphatic carbocycles. The summed E-state index contributed by atoms with van der Waals surface area (Å²) in [6.07, 6.45) is 1.36. The summed E-state index contributed by atoms with van der Waals surface area (Å²) in [5.41, 5.74) is 1.15. The molecule has 0 heterocycles. The molecule has 0 bridgehead atoms. The number of hydrogen-bond acceptors (Lipinski definition) is 2. The minimum atomic E-state index is 0.0580. The van der Waals surface area contributed by atoms with Crippen molar-refractivity contribution in [2.24, 2.45) is 4.99 Å². The molecular weight excluding hydrogens is 312 g/mol.